The van der Waals surface area contributed by atoms with Crippen LogP contribution in [0.25, 0.3) is 0 Å². The molecule has 0 saturated carbocycles. The fourth-order valence-electron chi connectivity index (χ4n) is 2.30. The quantitative estimate of drug-likeness (QED) is 0.942. The second-order valence-electron chi connectivity index (χ2n) is 4.87. The summed E-state index contributed by atoms with van der Waals surface area (Å²) in [5.41, 5.74) is 2.43. The Bertz CT molecular complexity index is 716. The van der Waals surface area contributed by atoms with Crippen molar-refractivity contribution in [3.05, 3.63) is 53.7 Å². The molecule has 0 atom stereocenters. The SMILES string of the molecule is CNC(=O)c1ccc(CN2C(=O)CSc3ncccc32)cc1. The van der Waals surface area contributed by atoms with Crippen LogP contribution < -0.4 is 10.2 Å². The highest BCUT2D eigenvalue weighted by atomic mass is 32.2. The maximum absolute atomic E-state index is 12.2. The van der Waals surface area contributed by atoms with Gasteiger partial charge in [0.25, 0.3) is 5.91 Å². The number of pyridine rings is 1. The molecule has 2 amide bonds. The van der Waals surface area contributed by atoms with Gasteiger partial charge in [-0.1, -0.05) is 23.9 Å². The summed E-state index contributed by atoms with van der Waals surface area (Å²) in [6, 6.07) is 11.0. The van der Waals surface area contributed by atoms with Crippen LogP contribution >= 0.6 is 11.8 Å². The van der Waals surface area contributed by atoms with Crippen molar-refractivity contribution in [3.63, 3.8) is 0 Å². The molecule has 1 N–H and O–H groups in total. The molecule has 22 heavy (non-hydrogen) atoms. The minimum Gasteiger partial charge on any atom is -0.355 e. The molecular formula is C16H15N3O2S. The number of rotatable bonds is 3. The zero-order valence-corrected chi connectivity index (χ0v) is 12.9. The predicted octanol–water partition coefficient (Wildman–Crippen LogP) is 2.08. The van der Waals surface area contributed by atoms with E-state index in [1.807, 2.05) is 24.3 Å². The van der Waals surface area contributed by atoms with Crippen LogP contribution in [0.5, 0.6) is 0 Å². The van der Waals surface area contributed by atoms with E-state index < -0.39 is 0 Å². The molecule has 2 heterocycles. The van der Waals surface area contributed by atoms with Crippen LogP contribution in [0, 0.1) is 0 Å². The van der Waals surface area contributed by atoms with Gasteiger partial charge in [-0.15, -0.1) is 0 Å². The second kappa shape index (κ2) is 6.19. The first kappa shape index (κ1) is 14.6. The van der Waals surface area contributed by atoms with Gasteiger partial charge in [0, 0.05) is 18.8 Å². The van der Waals surface area contributed by atoms with E-state index in [2.05, 4.69) is 10.3 Å². The van der Waals surface area contributed by atoms with Crippen molar-refractivity contribution < 1.29 is 9.59 Å². The Morgan fingerprint density at radius 2 is 2.09 bits per heavy atom. The molecule has 0 radical (unpaired) electrons. The van der Waals surface area contributed by atoms with E-state index in [1.165, 1.54) is 11.8 Å². The molecule has 0 fully saturated rings. The van der Waals surface area contributed by atoms with E-state index in [-0.39, 0.29) is 11.8 Å². The Kier molecular flexibility index (Phi) is 4.11. The monoisotopic (exact) mass is 313 g/mol. The summed E-state index contributed by atoms with van der Waals surface area (Å²) in [5.74, 6) is 0.354. The number of nitrogens with one attached hydrogen (secondary N) is 1. The van der Waals surface area contributed by atoms with Gasteiger partial charge in [0.05, 0.1) is 18.0 Å². The minimum absolute atomic E-state index is 0.0703. The van der Waals surface area contributed by atoms with Crippen LogP contribution in [0.15, 0.2) is 47.6 Å². The van der Waals surface area contributed by atoms with E-state index in [1.54, 1.807) is 30.3 Å². The van der Waals surface area contributed by atoms with Crippen molar-refractivity contribution in [2.24, 2.45) is 0 Å². The first-order valence-electron chi connectivity index (χ1n) is 6.88. The topological polar surface area (TPSA) is 62.3 Å². The molecule has 0 spiro atoms. The first-order valence-corrected chi connectivity index (χ1v) is 7.87. The highest BCUT2D eigenvalue weighted by Crippen LogP contribution is 2.33. The maximum atomic E-state index is 12.2. The molecular weight excluding hydrogens is 298 g/mol. The zero-order chi connectivity index (χ0) is 15.5. The molecule has 1 aliphatic heterocycles. The summed E-state index contributed by atoms with van der Waals surface area (Å²) < 4.78 is 0. The average molecular weight is 313 g/mol. The summed E-state index contributed by atoms with van der Waals surface area (Å²) >= 11 is 1.47. The third kappa shape index (κ3) is 2.82. The van der Waals surface area contributed by atoms with Gasteiger partial charge in [-0.25, -0.2) is 4.98 Å². The third-order valence-corrected chi connectivity index (χ3v) is 4.44. The molecule has 6 heteroatoms. The highest BCUT2D eigenvalue weighted by molar-refractivity contribution is 8.00. The lowest BCUT2D eigenvalue weighted by Gasteiger charge is -2.28. The number of amides is 2. The van der Waals surface area contributed by atoms with Crippen LogP contribution in [-0.4, -0.2) is 29.6 Å². The van der Waals surface area contributed by atoms with Gasteiger partial charge in [-0.05, 0) is 29.8 Å². The van der Waals surface area contributed by atoms with Crippen LogP contribution in [0.3, 0.4) is 0 Å². The van der Waals surface area contributed by atoms with Crippen LogP contribution in [0.2, 0.25) is 0 Å². The first-order chi connectivity index (χ1) is 10.7. The van der Waals surface area contributed by atoms with Gasteiger partial charge < -0.3 is 10.2 Å². The van der Waals surface area contributed by atoms with Gasteiger partial charge in [-0.2, -0.15) is 0 Å². The molecule has 0 bridgehead atoms. The standard InChI is InChI=1S/C16H15N3O2S/c1-17-15(21)12-6-4-11(5-7-12)9-19-13-3-2-8-18-16(13)22-10-14(19)20/h2-8H,9-10H2,1H3,(H,17,21). The van der Waals surface area contributed by atoms with Gasteiger partial charge >= 0.3 is 0 Å². The lowest BCUT2D eigenvalue weighted by atomic mass is 10.1. The van der Waals surface area contributed by atoms with Gasteiger partial charge in [0.15, 0.2) is 0 Å². The molecule has 1 aromatic carbocycles. The molecule has 1 aromatic heterocycles. The fraction of sp³-hybridized carbons (Fsp3) is 0.188. The molecule has 1 aliphatic rings. The molecule has 2 aromatic rings. The minimum atomic E-state index is -0.119. The normalized spacial score (nSPS) is 13.7. The van der Waals surface area contributed by atoms with Crippen molar-refractivity contribution in [3.8, 4) is 0 Å². The lowest BCUT2D eigenvalue weighted by Crippen LogP contribution is -2.35. The number of thioether (sulfide) groups is 1. The lowest BCUT2D eigenvalue weighted by molar-refractivity contribution is -0.116. The van der Waals surface area contributed by atoms with Crippen LogP contribution in [0.4, 0.5) is 5.69 Å². The number of hydrogen-bond donors (Lipinski definition) is 1. The van der Waals surface area contributed by atoms with E-state index in [0.29, 0.717) is 17.9 Å². The number of benzene rings is 1. The Labute approximate surface area is 132 Å². The van der Waals surface area contributed by atoms with Gasteiger partial charge in [-0.3, -0.25) is 9.59 Å². The Morgan fingerprint density at radius 3 is 2.82 bits per heavy atom. The summed E-state index contributed by atoms with van der Waals surface area (Å²) in [4.78, 5) is 29.8. The van der Waals surface area contributed by atoms with Crippen molar-refractivity contribution in [2.45, 2.75) is 11.6 Å². The summed E-state index contributed by atoms with van der Waals surface area (Å²) in [5, 5.41) is 3.47. The van der Waals surface area contributed by atoms with Crippen molar-refractivity contribution in [2.75, 3.05) is 17.7 Å². The number of fused-ring (bicyclic) bond motifs is 1. The maximum Gasteiger partial charge on any atom is 0.251 e. The molecule has 112 valence electrons. The van der Waals surface area contributed by atoms with E-state index >= 15 is 0 Å². The Morgan fingerprint density at radius 1 is 1.32 bits per heavy atom. The molecule has 5 nitrogen and oxygen atoms in total. The fourth-order valence-corrected chi connectivity index (χ4v) is 3.18. The van der Waals surface area contributed by atoms with E-state index in [4.69, 9.17) is 0 Å². The molecule has 0 saturated heterocycles. The van der Waals surface area contributed by atoms with Crippen LogP contribution in [0.1, 0.15) is 15.9 Å². The zero-order valence-electron chi connectivity index (χ0n) is 12.1. The highest BCUT2D eigenvalue weighted by Gasteiger charge is 2.25. The Balaban J connectivity index is 1.83. The molecule has 3 rings (SSSR count). The number of aromatic nitrogens is 1. The van der Waals surface area contributed by atoms with Gasteiger partial charge in [0.2, 0.25) is 5.91 Å². The van der Waals surface area contributed by atoms with Gasteiger partial charge in [0.1, 0.15) is 5.03 Å². The second-order valence-corrected chi connectivity index (χ2v) is 5.84. The summed E-state index contributed by atoms with van der Waals surface area (Å²) in [6.07, 6.45) is 1.73. The van der Waals surface area contributed by atoms with Crippen LogP contribution in [-0.2, 0) is 11.3 Å². The molecule has 0 aliphatic carbocycles. The van der Waals surface area contributed by atoms with Crippen molar-refractivity contribution >= 4 is 29.3 Å². The van der Waals surface area contributed by atoms with E-state index in [0.717, 1.165) is 16.3 Å². The average Bonchev–Trinajstić information content (AvgIpc) is 2.57. The third-order valence-electron chi connectivity index (χ3n) is 3.46. The van der Waals surface area contributed by atoms with E-state index in [9.17, 15) is 9.59 Å². The molecule has 0 unspecified atom stereocenters. The predicted molar refractivity (Wildman–Crippen MR) is 86.0 cm³/mol. The summed E-state index contributed by atoms with van der Waals surface area (Å²) in [6.45, 7) is 0.478. The smallest absolute Gasteiger partial charge is 0.251 e. The number of anilines is 1. The Hall–Kier alpha value is -2.34. The number of hydrogen-bond acceptors (Lipinski definition) is 4. The number of nitrogens with zero attached hydrogens (tertiary/aromatic N) is 2. The number of carbonyl (C=O) groups is 2. The number of carbonyl (C=O) groups excluding carboxylic acids is 2. The largest absolute Gasteiger partial charge is 0.355 e. The summed E-state index contributed by atoms with van der Waals surface area (Å²) in [7, 11) is 1.60. The van der Waals surface area contributed by atoms with Crippen molar-refractivity contribution in [1.82, 2.24) is 10.3 Å². The van der Waals surface area contributed by atoms with Crippen molar-refractivity contribution in [1.29, 1.82) is 0 Å².